The van der Waals surface area contributed by atoms with Gasteiger partial charge in [0.25, 0.3) is 0 Å². The molecule has 140 valence electrons. The number of aliphatic carboxylic acids is 1. The van der Waals surface area contributed by atoms with Crippen LogP contribution in [-0.2, 0) is 11.2 Å². The van der Waals surface area contributed by atoms with Crippen molar-refractivity contribution in [3.8, 4) is 5.75 Å². The van der Waals surface area contributed by atoms with Gasteiger partial charge in [0.15, 0.2) is 0 Å². The van der Waals surface area contributed by atoms with Gasteiger partial charge in [-0.15, -0.1) is 0 Å². The average Bonchev–Trinajstić information content (AvgIpc) is 3.05. The number of aromatic amines is 1. The van der Waals surface area contributed by atoms with Crippen LogP contribution in [0.15, 0.2) is 42.5 Å². The zero-order valence-corrected chi connectivity index (χ0v) is 15.7. The van der Waals surface area contributed by atoms with E-state index in [1.165, 1.54) is 5.56 Å². The lowest BCUT2D eigenvalue weighted by atomic mass is 9.88. The minimum Gasteiger partial charge on any atom is -0.496 e. The first-order valence-electron chi connectivity index (χ1n) is 9.25. The largest absolute Gasteiger partial charge is 0.496 e. The number of fused-ring (bicyclic) bond motifs is 3. The Bertz CT molecular complexity index is 1010. The third-order valence-electron chi connectivity index (χ3n) is 5.44. The molecule has 2 atom stereocenters. The van der Waals surface area contributed by atoms with Crippen LogP contribution >= 0.6 is 0 Å². The number of nitrogens with one attached hydrogen (secondary N) is 2. The van der Waals surface area contributed by atoms with Gasteiger partial charge in [0.2, 0.25) is 0 Å². The van der Waals surface area contributed by atoms with Gasteiger partial charge in [-0.3, -0.25) is 10.1 Å². The van der Waals surface area contributed by atoms with E-state index in [-0.39, 0.29) is 6.04 Å². The summed E-state index contributed by atoms with van der Waals surface area (Å²) >= 11 is 0. The number of hydrogen-bond acceptors (Lipinski definition) is 3. The lowest BCUT2D eigenvalue weighted by Gasteiger charge is -2.31. The van der Waals surface area contributed by atoms with E-state index in [0.717, 1.165) is 33.5 Å². The first-order valence-corrected chi connectivity index (χ1v) is 9.25. The quantitative estimate of drug-likeness (QED) is 0.654. The fourth-order valence-electron chi connectivity index (χ4n) is 3.98. The average molecular weight is 364 g/mol. The van der Waals surface area contributed by atoms with Crippen LogP contribution < -0.4 is 10.1 Å². The Morgan fingerprint density at radius 3 is 2.70 bits per heavy atom. The number of methoxy groups -OCH3 is 1. The number of hydrogen-bond donors (Lipinski definition) is 3. The van der Waals surface area contributed by atoms with E-state index in [0.29, 0.717) is 12.3 Å². The summed E-state index contributed by atoms with van der Waals surface area (Å²) in [5, 5.41) is 14.1. The first-order chi connectivity index (χ1) is 13.0. The monoisotopic (exact) mass is 364 g/mol. The zero-order valence-electron chi connectivity index (χ0n) is 15.7. The molecule has 0 saturated heterocycles. The maximum absolute atomic E-state index is 11.8. The molecule has 0 aliphatic carbocycles. The smallest absolute Gasteiger partial charge is 0.321 e. The van der Waals surface area contributed by atoms with E-state index in [1.807, 2.05) is 30.3 Å². The molecule has 2 unspecified atom stereocenters. The van der Waals surface area contributed by atoms with Gasteiger partial charge in [-0.1, -0.05) is 38.1 Å². The van der Waals surface area contributed by atoms with Crippen molar-refractivity contribution in [3.63, 3.8) is 0 Å². The highest BCUT2D eigenvalue weighted by molar-refractivity contribution is 5.87. The van der Waals surface area contributed by atoms with E-state index in [4.69, 9.17) is 4.74 Å². The SMILES string of the molecule is COc1ccc(C(C)C)cc1C1NC(C(=O)O)Cc2c1[nH]c1ccccc21. The minimum absolute atomic E-state index is 0.268. The van der Waals surface area contributed by atoms with Crippen molar-refractivity contribution in [1.82, 2.24) is 10.3 Å². The van der Waals surface area contributed by atoms with Crippen LogP contribution in [0.5, 0.6) is 5.75 Å². The lowest BCUT2D eigenvalue weighted by Crippen LogP contribution is -2.45. The number of rotatable bonds is 4. The summed E-state index contributed by atoms with van der Waals surface area (Å²) in [6.07, 6.45) is 0.456. The molecule has 3 N–H and O–H groups in total. The fourth-order valence-corrected chi connectivity index (χ4v) is 3.98. The van der Waals surface area contributed by atoms with Gasteiger partial charge in [0.05, 0.1) is 13.2 Å². The van der Waals surface area contributed by atoms with Crippen LogP contribution in [0.4, 0.5) is 0 Å². The maximum atomic E-state index is 11.8. The van der Waals surface area contributed by atoms with Crippen molar-refractivity contribution in [2.45, 2.75) is 38.3 Å². The Hall–Kier alpha value is -2.79. The highest BCUT2D eigenvalue weighted by atomic mass is 16.5. The number of carbonyl (C=O) groups is 1. The van der Waals surface area contributed by atoms with Gasteiger partial charge in [-0.25, -0.2) is 0 Å². The third-order valence-corrected chi connectivity index (χ3v) is 5.44. The van der Waals surface area contributed by atoms with Crippen LogP contribution in [0.25, 0.3) is 10.9 Å². The van der Waals surface area contributed by atoms with E-state index in [9.17, 15) is 9.90 Å². The van der Waals surface area contributed by atoms with Gasteiger partial charge in [0.1, 0.15) is 11.8 Å². The number of carboxylic acid groups (broad SMARTS) is 1. The number of benzene rings is 2. The van der Waals surface area contributed by atoms with Crippen molar-refractivity contribution in [2.24, 2.45) is 0 Å². The fraction of sp³-hybridized carbons (Fsp3) is 0.318. The predicted octanol–water partition coefficient (Wildman–Crippen LogP) is 3.99. The van der Waals surface area contributed by atoms with Gasteiger partial charge in [-0.05, 0) is 35.2 Å². The number of carboxylic acids is 1. The Morgan fingerprint density at radius 2 is 2.00 bits per heavy atom. The summed E-state index contributed by atoms with van der Waals surface area (Å²) < 4.78 is 5.62. The van der Waals surface area contributed by atoms with Crippen molar-refractivity contribution < 1.29 is 14.6 Å². The lowest BCUT2D eigenvalue weighted by molar-refractivity contribution is -0.139. The summed E-state index contributed by atoms with van der Waals surface area (Å²) in [7, 11) is 1.65. The van der Waals surface area contributed by atoms with Gasteiger partial charge in [-0.2, -0.15) is 0 Å². The number of ether oxygens (including phenoxy) is 1. The van der Waals surface area contributed by atoms with Crippen molar-refractivity contribution >= 4 is 16.9 Å². The predicted molar refractivity (Wildman–Crippen MR) is 105 cm³/mol. The molecule has 27 heavy (non-hydrogen) atoms. The molecule has 0 amide bonds. The summed E-state index contributed by atoms with van der Waals surface area (Å²) in [6, 6.07) is 13.3. The van der Waals surface area contributed by atoms with Crippen LogP contribution in [0.3, 0.4) is 0 Å². The molecular formula is C22H24N2O3. The maximum Gasteiger partial charge on any atom is 0.321 e. The summed E-state index contributed by atoms with van der Waals surface area (Å²) in [6.45, 7) is 4.29. The number of H-pyrrole nitrogens is 1. The second kappa shape index (κ2) is 6.74. The van der Waals surface area contributed by atoms with Gasteiger partial charge in [0, 0.05) is 28.6 Å². The van der Waals surface area contributed by atoms with Gasteiger partial charge >= 0.3 is 5.97 Å². The molecule has 5 nitrogen and oxygen atoms in total. The molecule has 3 aromatic rings. The summed E-state index contributed by atoms with van der Waals surface area (Å²) in [5.74, 6) is 0.290. The van der Waals surface area contributed by atoms with E-state index in [1.54, 1.807) is 7.11 Å². The highest BCUT2D eigenvalue weighted by Crippen LogP contribution is 2.39. The second-order valence-electron chi connectivity index (χ2n) is 7.41. The molecule has 5 heteroatoms. The second-order valence-corrected chi connectivity index (χ2v) is 7.41. The van der Waals surface area contributed by atoms with E-state index >= 15 is 0 Å². The van der Waals surface area contributed by atoms with Crippen molar-refractivity contribution in [2.75, 3.05) is 7.11 Å². The highest BCUT2D eigenvalue weighted by Gasteiger charge is 2.35. The molecule has 1 aromatic heterocycles. The van der Waals surface area contributed by atoms with Crippen LogP contribution in [0.1, 0.15) is 48.2 Å². The Balaban J connectivity index is 1.93. The summed E-state index contributed by atoms with van der Waals surface area (Å²) in [5.41, 5.74) is 5.27. The molecule has 1 aliphatic rings. The molecule has 0 saturated carbocycles. The minimum atomic E-state index is -0.838. The van der Waals surface area contributed by atoms with Crippen molar-refractivity contribution in [1.29, 1.82) is 0 Å². The number of para-hydroxylation sites is 1. The molecule has 2 aromatic carbocycles. The third kappa shape index (κ3) is 2.98. The molecule has 0 radical (unpaired) electrons. The molecule has 0 spiro atoms. The Labute approximate surface area is 158 Å². The van der Waals surface area contributed by atoms with E-state index < -0.39 is 12.0 Å². The van der Waals surface area contributed by atoms with Crippen molar-refractivity contribution in [3.05, 3.63) is 64.8 Å². The van der Waals surface area contributed by atoms with Crippen LogP contribution in [0, 0.1) is 0 Å². The molecular weight excluding hydrogens is 340 g/mol. The Morgan fingerprint density at radius 1 is 1.22 bits per heavy atom. The molecule has 0 fully saturated rings. The van der Waals surface area contributed by atoms with Gasteiger partial charge < -0.3 is 14.8 Å². The standard InChI is InChI=1S/C22H24N2O3/c1-12(2)13-8-9-19(27-3)16(10-13)21-20-15(11-18(24-21)22(25)26)14-6-4-5-7-17(14)23-20/h4-10,12,18,21,23-24H,11H2,1-3H3,(H,25,26). The van der Waals surface area contributed by atoms with Crippen LogP contribution in [0.2, 0.25) is 0 Å². The number of aromatic nitrogens is 1. The first kappa shape index (κ1) is 17.6. The molecule has 0 bridgehead atoms. The Kier molecular flexibility index (Phi) is 4.40. The molecule has 2 heterocycles. The molecule has 1 aliphatic heterocycles. The van der Waals surface area contributed by atoms with Crippen LogP contribution in [-0.4, -0.2) is 29.2 Å². The summed E-state index contributed by atoms with van der Waals surface area (Å²) in [4.78, 5) is 15.3. The topological polar surface area (TPSA) is 74.3 Å². The normalized spacial score (nSPS) is 19.3. The van der Waals surface area contributed by atoms with E-state index in [2.05, 4.69) is 36.3 Å². The zero-order chi connectivity index (χ0) is 19.1. The molecule has 4 rings (SSSR count).